The van der Waals surface area contributed by atoms with Crippen LogP contribution in [0.2, 0.25) is 0 Å². The highest BCUT2D eigenvalue weighted by molar-refractivity contribution is 7.89. The topological polar surface area (TPSA) is 117 Å². The van der Waals surface area contributed by atoms with E-state index in [0.29, 0.717) is 0 Å². The number of benzene rings is 14. The molecule has 776 valence electrons. The Hall–Kier alpha value is -14.2. The summed E-state index contributed by atoms with van der Waals surface area (Å²) in [5.74, 6) is 5.22. The Morgan fingerprint density at radius 1 is 0.307 bits per heavy atom. The van der Waals surface area contributed by atoms with E-state index in [2.05, 4.69) is 443 Å². The Morgan fingerprint density at radius 3 is 1.07 bits per heavy atom. The highest BCUT2D eigenvalue weighted by Gasteiger charge is 2.46. The number of hydrogen-bond acceptors (Lipinski definition) is 11. The van der Waals surface area contributed by atoms with Gasteiger partial charge in [0.1, 0.15) is 42.1 Å². The number of rotatable bonds is 24. The van der Waals surface area contributed by atoms with Gasteiger partial charge in [0.05, 0.1) is 110 Å². The summed E-state index contributed by atoms with van der Waals surface area (Å²) in [6, 6.07) is 154. The van der Waals surface area contributed by atoms with Gasteiger partial charge in [0.2, 0.25) is 5.69 Å². The molecule has 1 aliphatic heterocycles. The number of aromatic nitrogens is 7. The van der Waals surface area contributed by atoms with Crippen molar-refractivity contribution in [3.05, 3.63) is 537 Å². The molecule has 13 nitrogen and oxygen atoms in total. The summed E-state index contributed by atoms with van der Waals surface area (Å²) in [7, 11) is -2.88. The monoisotopic (exact) mass is 2090 g/mol. The molecular formula is C132H160N9O4P5+6. The summed E-state index contributed by atoms with van der Waals surface area (Å²) in [5, 5.41) is 15.4. The van der Waals surface area contributed by atoms with Crippen molar-refractivity contribution in [1.29, 1.82) is 0 Å². The van der Waals surface area contributed by atoms with Crippen molar-refractivity contribution >= 4 is 97.0 Å². The first-order valence-corrected chi connectivity index (χ1v) is 59.7. The molecule has 0 aliphatic carbocycles. The molecule has 20 rings (SSSR count). The molecule has 0 fully saturated rings. The second-order valence-electron chi connectivity index (χ2n) is 36.1. The first-order chi connectivity index (χ1) is 69.4. The van der Waals surface area contributed by atoms with Crippen LogP contribution in [-0.4, -0.2) is 76.3 Å². The highest BCUT2D eigenvalue weighted by Crippen LogP contribution is 2.61. The second-order valence-corrected chi connectivity index (χ2v) is 52.5. The van der Waals surface area contributed by atoms with Gasteiger partial charge in [0.15, 0.2) is 41.7 Å². The average molecular weight is 2090 g/mol. The van der Waals surface area contributed by atoms with Crippen LogP contribution in [0.4, 0.5) is 17.3 Å². The zero-order valence-electron chi connectivity index (χ0n) is 84.8. The Balaban J connectivity index is 0.000000236. The number of pyridine rings is 3. The normalized spacial score (nSPS) is 11.4. The van der Waals surface area contributed by atoms with Gasteiger partial charge in [0, 0.05) is 68.2 Å². The molecule has 18 heteroatoms. The molecule has 0 bridgehead atoms. The first kappa shape index (κ1) is 123. The molecule has 0 N–H and O–H groups in total. The van der Waals surface area contributed by atoms with Gasteiger partial charge in [-0.2, -0.15) is 5.10 Å². The largest absolute Gasteiger partial charge is 0.538 e. The third-order valence-corrected chi connectivity index (χ3v) is 42.1. The Morgan fingerprint density at radius 2 is 0.673 bits per heavy atom. The smallest absolute Gasteiger partial charge is 0.351 e. The molecule has 0 saturated heterocycles. The molecule has 0 unspecified atom stereocenters. The number of fused-ring (bicyclic) bond motifs is 1. The van der Waals surface area contributed by atoms with Crippen LogP contribution in [-0.2, 0) is 32.6 Å². The lowest BCUT2D eigenvalue weighted by atomic mass is 10.1. The van der Waals surface area contributed by atoms with E-state index in [1.54, 1.807) is 6.33 Å². The number of hydrogen-bond donors (Lipinski definition) is 0. The van der Waals surface area contributed by atoms with E-state index >= 15 is 0 Å². The predicted octanol–water partition coefficient (Wildman–Crippen LogP) is 31.8. The van der Waals surface area contributed by atoms with Gasteiger partial charge in [-0.05, 0) is 251 Å². The van der Waals surface area contributed by atoms with E-state index in [-0.39, 0.29) is 58.2 Å². The molecule has 1 aliphatic rings. The quantitative estimate of drug-likeness (QED) is 0.0425. The van der Waals surface area contributed by atoms with Crippen molar-refractivity contribution in [2.75, 3.05) is 50.2 Å². The van der Waals surface area contributed by atoms with Crippen LogP contribution in [0.25, 0.3) is 11.3 Å². The summed E-state index contributed by atoms with van der Waals surface area (Å²) in [6.45, 7) is 26.3. The number of aryl methyl sites for hydroxylation is 8. The van der Waals surface area contributed by atoms with E-state index in [4.69, 9.17) is 18.1 Å². The third kappa shape index (κ3) is 32.2. The van der Waals surface area contributed by atoms with E-state index in [1.807, 2.05) is 184 Å². The van der Waals surface area contributed by atoms with Crippen molar-refractivity contribution in [3.63, 3.8) is 0 Å². The molecule has 6 heterocycles. The van der Waals surface area contributed by atoms with Gasteiger partial charge in [-0.15, -0.1) is 0 Å². The molecule has 14 aromatic carbocycles. The van der Waals surface area contributed by atoms with E-state index < -0.39 is 37.2 Å². The van der Waals surface area contributed by atoms with Gasteiger partial charge in [-0.1, -0.05) is 313 Å². The number of para-hydroxylation sites is 4. The van der Waals surface area contributed by atoms with Crippen LogP contribution in [0.5, 0.6) is 23.0 Å². The summed E-state index contributed by atoms with van der Waals surface area (Å²) < 4.78 is 29.1. The SMILES string of the molecule is C.C.C.C.C.C.C.C[C@H]1N(C)c2cccnc2N1c1ccnn1C.Cc1ccccc1-c1cccc[n+]1C.Cc1ccccc1C[P+](C)(c1ccccc1)c1ccccc1.Cc1ccccc1O[P+](C)(Oc1ccccc1)Oc1ccccc1.Cc1ccccc1O[P+](C)(c1ccccc1)c1ccccc1.Cc1ccncc1C[P+](C)(c1ccccc1)c1ccccc1.Cc1cncnc1C[P+](C)(c1ccccc1)c1ccccc1. The molecule has 5 aromatic heterocycles. The number of nitrogens with zero attached hydrogens (tertiary/aromatic N) is 9. The second kappa shape index (κ2) is 59.8. The zero-order valence-corrected chi connectivity index (χ0v) is 89.3. The van der Waals surface area contributed by atoms with Crippen LogP contribution < -0.4 is 74.9 Å². The van der Waals surface area contributed by atoms with E-state index in [0.717, 1.165) is 70.1 Å². The number of anilines is 3. The summed E-state index contributed by atoms with van der Waals surface area (Å²) >= 11 is 0. The fourth-order valence-electron chi connectivity index (χ4n) is 17.3. The Kier molecular flexibility index (Phi) is 48.9. The maximum atomic E-state index is 6.62. The molecule has 19 aromatic rings. The van der Waals surface area contributed by atoms with Crippen molar-refractivity contribution in [2.24, 2.45) is 14.1 Å². The summed E-state index contributed by atoms with van der Waals surface area (Å²) in [4.78, 5) is 21.9. The van der Waals surface area contributed by atoms with Crippen LogP contribution in [0.3, 0.4) is 0 Å². The molecule has 150 heavy (non-hydrogen) atoms. The van der Waals surface area contributed by atoms with Gasteiger partial charge < -0.3 is 9.42 Å². The lowest BCUT2D eigenvalue weighted by molar-refractivity contribution is -0.660. The third-order valence-electron chi connectivity index (χ3n) is 25.9. The van der Waals surface area contributed by atoms with Crippen molar-refractivity contribution < 1.29 is 22.7 Å². The standard InChI is InChI=1S/C21H22P.C20H21NP.C20H20O3P.C20H20OP.C19H20N2P.C13H14N.C12H15N5.7CH4/c1-18-11-9-10-12-19(18)17-22(2,20-13-5-3-6-14-20)21-15-7-4-8-16-21;1-17-13-14-21-15-18(17)16-22(2,19-9-5-3-6-10-19)20-11-7-4-8-12-20;1-17-11-9-10-16-20(17)23-24(2,21-18-12-5-3-6-13-18)22-19-14-7-4-8-15-19;1-17-11-9-10-16-20(17)21-22(2,18-12-5-3-6-13-18)19-14-7-4-8-15-19;1-16-13-20-15-21-19(16)14-22(2,17-9-5-3-6-10-17)18-11-7-4-8-12-18;1-11-7-3-4-8-12(11)13-9-5-6-10-14(13)2;1-9-15(2)10-5-4-7-13-12(10)17(9)11-6-8-14-16(11)3;;;;;;;/h3-16H,17H2,1-2H3;3-15H,16H2,1-2H3;3-16H,1-2H3;3-16H,1-2H3;3-13,15H,14H2,1-2H3;3-10H,1-2H3;4-9H,1-3H3;7*1H4/q6*+1;;;;;;;;/t;;;;;;9-;;;;;;;/m......0......./s1. The minimum Gasteiger partial charge on any atom is -0.351 e. The van der Waals surface area contributed by atoms with Crippen LogP contribution in [0.15, 0.2) is 486 Å². The predicted molar refractivity (Wildman–Crippen MR) is 661 cm³/mol. The fourth-order valence-corrected chi connectivity index (χ4v) is 31.5. The highest BCUT2D eigenvalue weighted by atomic mass is 31.2. The van der Waals surface area contributed by atoms with Crippen molar-refractivity contribution in [2.45, 2.75) is 125 Å². The minimum absolute atomic E-state index is 0. The van der Waals surface area contributed by atoms with Crippen LogP contribution in [0, 0.1) is 41.5 Å². The van der Waals surface area contributed by atoms with E-state index in [9.17, 15) is 0 Å². The average Bonchev–Trinajstić information content (AvgIpc) is 1.61. The maximum Gasteiger partial charge on any atom is 0.538 e. The van der Waals surface area contributed by atoms with Gasteiger partial charge in [-0.25, -0.2) is 19.5 Å². The van der Waals surface area contributed by atoms with Gasteiger partial charge >= 0.3 is 7.94 Å². The Labute approximate surface area is 903 Å². The lowest BCUT2D eigenvalue weighted by Gasteiger charge is -2.26. The first-order valence-electron chi connectivity index (χ1n) is 48.3. The zero-order chi connectivity index (χ0) is 100. The molecule has 1 atom stereocenters. The summed E-state index contributed by atoms with van der Waals surface area (Å²) in [5.41, 5.74) is 15.1. The van der Waals surface area contributed by atoms with E-state index in [1.165, 1.54) is 92.6 Å². The molecule has 0 saturated carbocycles. The fraction of sp³-hybridized carbons (Fsp3) is 0.197. The summed E-state index contributed by atoms with van der Waals surface area (Å²) in [6.07, 6.45) is 16.6. The Bertz CT molecular complexity index is 6350. The lowest BCUT2D eigenvalue weighted by Crippen LogP contribution is -2.36. The van der Waals surface area contributed by atoms with Gasteiger partial charge in [-0.3, -0.25) is 28.1 Å². The molecule has 0 amide bonds. The molecule has 0 radical (unpaired) electrons. The van der Waals surface area contributed by atoms with Gasteiger partial charge in [0.25, 0.3) is 7.49 Å². The molecule has 0 spiro atoms. The maximum absolute atomic E-state index is 6.62. The van der Waals surface area contributed by atoms with Crippen LogP contribution >= 0.6 is 37.2 Å². The molecular weight excluding hydrogens is 1930 g/mol. The van der Waals surface area contributed by atoms with Crippen molar-refractivity contribution in [3.8, 4) is 34.3 Å². The minimum atomic E-state index is -2.66. The van der Waals surface area contributed by atoms with Crippen molar-refractivity contribution in [1.82, 2.24) is 29.7 Å². The van der Waals surface area contributed by atoms with Crippen LogP contribution in [0.1, 0.15) is 109 Å².